The van der Waals surface area contributed by atoms with Gasteiger partial charge in [-0.3, -0.25) is 0 Å². The van der Waals surface area contributed by atoms with E-state index in [4.69, 9.17) is 0 Å². The largest absolute Gasteiger partial charge is 0.531 e. The summed E-state index contributed by atoms with van der Waals surface area (Å²) in [6.45, 7) is 9.19. The van der Waals surface area contributed by atoms with E-state index in [1.165, 1.54) is 49.0 Å². The molecule has 3 heteroatoms. The molecule has 0 N–H and O–H groups in total. The van der Waals surface area contributed by atoms with Crippen molar-refractivity contribution in [2.75, 3.05) is 0 Å². The number of aryl methyl sites for hydroxylation is 2. The second-order valence-corrected chi connectivity index (χ2v) is 13.7. The van der Waals surface area contributed by atoms with Crippen LogP contribution >= 0.6 is 16.4 Å². The van der Waals surface area contributed by atoms with Gasteiger partial charge in [0.25, 0.3) is 0 Å². The van der Waals surface area contributed by atoms with Gasteiger partial charge in [-0.15, -0.1) is 0 Å². The molecule has 2 aromatic carbocycles. The molecule has 0 aliphatic heterocycles. The maximum Gasteiger partial charge on any atom is 0.118 e. The van der Waals surface area contributed by atoms with Gasteiger partial charge in [-0.2, -0.15) is 0 Å². The normalized spacial score (nSPS) is 12.3. The monoisotopic (exact) mass is 402 g/mol. The molecule has 136 valence electrons. The fourth-order valence-corrected chi connectivity index (χ4v) is 14.8. The van der Waals surface area contributed by atoms with Crippen molar-refractivity contribution < 1.29 is 0 Å². The minimum absolute atomic E-state index is 1.38. The lowest BCUT2D eigenvalue weighted by molar-refractivity contribution is 1.41. The van der Waals surface area contributed by atoms with Crippen LogP contribution in [0.4, 0.5) is 0 Å². The van der Waals surface area contributed by atoms with Crippen LogP contribution in [0, 0.1) is 27.7 Å². The van der Waals surface area contributed by atoms with Crippen molar-refractivity contribution in [2.45, 2.75) is 27.7 Å². The summed E-state index contributed by atoms with van der Waals surface area (Å²) in [4.78, 5) is 3.28. The lowest BCUT2D eigenvalue weighted by Gasteiger charge is -2.43. The maximum absolute atomic E-state index is 2.40. The van der Waals surface area contributed by atoms with E-state index in [0.29, 0.717) is 0 Å². The summed E-state index contributed by atoms with van der Waals surface area (Å²) in [6, 6.07) is 22.6. The van der Waals surface area contributed by atoms with Gasteiger partial charge >= 0.3 is 0 Å². The van der Waals surface area contributed by atoms with Crippen LogP contribution in [0.25, 0.3) is 0 Å². The third-order valence-electron chi connectivity index (χ3n) is 5.79. The number of hydrogen-bond donors (Lipinski definition) is 0. The van der Waals surface area contributed by atoms with Crippen molar-refractivity contribution in [2.24, 2.45) is 0 Å². The van der Waals surface area contributed by atoms with Crippen LogP contribution in [0.5, 0.6) is 0 Å². The lowest BCUT2D eigenvalue weighted by atomic mass is 10.2. The Morgan fingerprint density at radius 3 is 1.22 bits per heavy atom. The highest BCUT2D eigenvalue weighted by Gasteiger charge is 2.36. The zero-order chi connectivity index (χ0) is 19.0. The number of benzene rings is 2. The molecule has 0 fully saturated rings. The van der Waals surface area contributed by atoms with Gasteiger partial charge in [0.05, 0.1) is 0 Å². The van der Waals surface area contributed by atoms with Crippen molar-refractivity contribution in [1.29, 1.82) is 0 Å². The molecule has 0 saturated heterocycles. The Balaban J connectivity index is 2.19. The molecule has 0 amide bonds. The summed E-state index contributed by atoms with van der Waals surface area (Å²) in [6.07, 6.45) is 0. The molecule has 0 radical (unpaired) electrons. The van der Waals surface area contributed by atoms with Crippen molar-refractivity contribution >= 4 is 44.7 Å². The summed E-state index contributed by atoms with van der Waals surface area (Å²) < 4.78 is 0. The summed E-state index contributed by atoms with van der Waals surface area (Å²) in [5.74, 6) is 4.81. The highest BCUT2D eigenvalue weighted by Crippen LogP contribution is 2.26. The van der Waals surface area contributed by atoms with E-state index in [0.717, 1.165) is 0 Å². The van der Waals surface area contributed by atoms with Crippen LogP contribution in [-0.2, 0) is 0 Å². The molecule has 4 aromatic rings. The molecule has 4 rings (SSSR count). The minimum atomic E-state index is -2.26. The fourth-order valence-electron chi connectivity index (χ4n) is 4.04. The van der Waals surface area contributed by atoms with Crippen LogP contribution in [0.15, 0.2) is 72.3 Å². The van der Waals surface area contributed by atoms with Crippen LogP contribution in [0.2, 0.25) is 0 Å². The quantitative estimate of drug-likeness (QED) is 0.426. The van der Waals surface area contributed by atoms with Crippen molar-refractivity contribution in [3.05, 3.63) is 94.5 Å². The topological polar surface area (TPSA) is 0 Å². The first-order valence-corrected chi connectivity index (χ1v) is 13.3. The lowest BCUT2D eigenvalue weighted by Crippen LogP contribution is -2.74. The Morgan fingerprint density at radius 1 is 0.556 bits per heavy atom. The Bertz CT molecular complexity index is 971. The van der Waals surface area contributed by atoms with E-state index in [1.54, 1.807) is 9.84 Å². The predicted molar refractivity (Wildman–Crippen MR) is 125 cm³/mol. The molecule has 0 spiro atoms. The Hall–Kier alpha value is -1.78. The van der Waals surface area contributed by atoms with Gasteiger partial charge in [0, 0.05) is 0 Å². The first-order chi connectivity index (χ1) is 13.1. The van der Waals surface area contributed by atoms with E-state index >= 15 is 0 Å². The van der Waals surface area contributed by atoms with Gasteiger partial charge in [0.2, 0.25) is 0 Å². The first kappa shape index (κ1) is 18.6. The van der Waals surface area contributed by atoms with Crippen LogP contribution < -0.4 is 20.2 Å². The van der Waals surface area contributed by atoms with Crippen molar-refractivity contribution in [3.8, 4) is 0 Å². The number of rotatable bonds is 4. The second-order valence-electron chi connectivity index (χ2n) is 7.31. The Labute approximate surface area is 166 Å². The molecular formula is C24H24P2Si-2. The SMILES string of the molecule is Cc1c[p-]c([Si](c2ccccc2)(c2ccccc2)c2[p-]cc(C)c2C)c1C. The van der Waals surface area contributed by atoms with E-state index in [2.05, 4.69) is 100.0 Å². The third kappa shape index (κ3) is 2.90. The minimum Gasteiger partial charge on any atom is -0.531 e. The zero-order valence-electron chi connectivity index (χ0n) is 16.3. The summed E-state index contributed by atoms with van der Waals surface area (Å²) in [5.41, 5.74) is 5.87. The van der Waals surface area contributed by atoms with Gasteiger partial charge in [0.15, 0.2) is 0 Å². The van der Waals surface area contributed by atoms with Crippen LogP contribution in [0.3, 0.4) is 0 Å². The van der Waals surface area contributed by atoms with Gasteiger partial charge in [-0.1, -0.05) is 82.9 Å². The summed E-state index contributed by atoms with van der Waals surface area (Å²) >= 11 is 0. The third-order valence-corrected chi connectivity index (χ3v) is 15.4. The van der Waals surface area contributed by atoms with Gasteiger partial charge < -0.3 is 16.4 Å². The second kappa shape index (κ2) is 7.32. The Morgan fingerprint density at radius 2 is 0.926 bits per heavy atom. The molecule has 0 atom stereocenters. The highest BCUT2D eigenvalue weighted by atomic mass is 31.0. The van der Waals surface area contributed by atoms with Crippen LogP contribution in [-0.4, -0.2) is 8.07 Å². The molecular weight excluding hydrogens is 378 g/mol. The molecule has 2 heterocycles. The van der Waals surface area contributed by atoms with Crippen molar-refractivity contribution in [1.82, 2.24) is 0 Å². The molecule has 0 bridgehead atoms. The molecule has 0 saturated carbocycles. The molecule has 27 heavy (non-hydrogen) atoms. The molecule has 0 aliphatic rings. The average molecular weight is 402 g/mol. The van der Waals surface area contributed by atoms with E-state index < -0.39 is 8.07 Å². The molecule has 0 aliphatic carbocycles. The van der Waals surface area contributed by atoms with Crippen molar-refractivity contribution in [3.63, 3.8) is 0 Å². The molecule has 0 unspecified atom stereocenters. The summed E-state index contributed by atoms with van der Waals surface area (Å²) in [7, 11) is 0.491. The maximum atomic E-state index is 2.40. The van der Waals surface area contributed by atoms with E-state index in [1.807, 2.05) is 0 Å². The van der Waals surface area contributed by atoms with Crippen LogP contribution in [0.1, 0.15) is 22.3 Å². The molecule has 0 nitrogen and oxygen atoms in total. The average Bonchev–Trinajstić information content (AvgIpc) is 3.22. The number of hydrogen-bond acceptors (Lipinski definition) is 0. The highest BCUT2D eigenvalue weighted by molar-refractivity contribution is 7.53. The fraction of sp³-hybridized carbons (Fsp3) is 0.167. The molecule has 2 aromatic heterocycles. The van der Waals surface area contributed by atoms with E-state index in [-0.39, 0.29) is 0 Å². The summed E-state index contributed by atoms with van der Waals surface area (Å²) in [5, 5.41) is 3.01. The Kier molecular flexibility index (Phi) is 5.04. The van der Waals surface area contributed by atoms with Gasteiger partial charge in [0.1, 0.15) is 8.07 Å². The smallest absolute Gasteiger partial charge is 0.118 e. The first-order valence-electron chi connectivity index (χ1n) is 9.36. The zero-order valence-corrected chi connectivity index (χ0v) is 19.1. The standard InChI is InChI=1S/C24H24P2Si/c1-17-15-25-23(19(17)3)27(21-11-7-5-8-12-21,22-13-9-6-10-14-22)24-20(4)18(2)16-26-24/h5-16H,1-4H3/q-2. The predicted octanol–water partition coefficient (Wildman–Crippen LogP) is 4.90. The van der Waals surface area contributed by atoms with Gasteiger partial charge in [-0.25, -0.2) is 21.4 Å². The van der Waals surface area contributed by atoms with Gasteiger partial charge in [-0.05, 0) is 38.1 Å². The van der Waals surface area contributed by atoms with E-state index in [9.17, 15) is 0 Å².